The maximum Gasteiger partial charge on any atom is 0.0723 e. The van der Waals surface area contributed by atoms with Crippen LogP contribution in [0.25, 0.3) is 44.5 Å². The van der Waals surface area contributed by atoms with Crippen molar-refractivity contribution in [1.29, 1.82) is 0 Å². The van der Waals surface area contributed by atoms with Crippen LogP contribution < -0.4 is 0 Å². The summed E-state index contributed by atoms with van der Waals surface area (Å²) in [4.78, 5) is 0. The van der Waals surface area contributed by atoms with E-state index in [4.69, 9.17) is 18.9 Å². The van der Waals surface area contributed by atoms with Crippen molar-refractivity contribution in [2.24, 2.45) is 11.8 Å². The molecule has 0 aliphatic heterocycles. The molecule has 4 heteroatoms. The Balaban J connectivity index is 0.000000125. The van der Waals surface area contributed by atoms with E-state index >= 15 is 0 Å². The van der Waals surface area contributed by atoms with Crippen molar-refractivity contribution in [2.45, 2.75) is 152 Å². The highest BCUT2D eigenvalue weighted by molar-refractivity contribution is 5.80. The second-order valence-corrected chi connectivity index (χ2v) is 22.7. The van der Waals surface area contributed by atoms with Crippen LogP contribution in [0.15, 0.2) is 170 Å². The second-order valence-electron chi connectivity index (χ2n) is 22.7. The molecule has 0 radical (unpaired) electrons. The van der Waals surface area contributed by atoms with Gasteiger partial charge in [-0.2, -0.15) is 0 Å². The van der Waals surface area contributed by atoms with Crippen LogP contribution in [0.3, 0.4) is 0 Å². The van der Waals surface area contributed by atoms with Gasteiger partial charge in [-0.1, -0.05) is 204 Å². The molecule has 0 saturated heterocycles. The molecule has 0 fully saturated rings. The Labute approximate surface area is 461 Å². The highest BCUT2D eigenvalue weighted by atomic mass is 16.5. The summed E-state index contributed by atoms with van der Waals surface area (Å²) in [5.74, 6) is 1.12. The van der Waals surface area contributed by atoms with Crippen molar-refractivity contribution in [3.63, 3.8) is 0 Å². The lowest BCUT2D eigenvalue weighted by atomic mass is 10.0. The molecule has 0 amide bonds. The fourth-order valence-electron chi connectivity index (χ4n) is 10.7. The Morgan fingerprint density at radius 1 is 0.325 bits per heavy atom. The van der Waals surface area contributed by atoms with Gasteiger partial charge in [0.2, 0.25) is 0 Å². The van der Waals surface area contributed by atoms with Crippen molar-refractivity contribution in [2.75, 3.05) is 0 Å². The Bertz CT molecular complexity index is 3250. The van der Waals surface area contributed by atoms with Crippen molar-refractivity contribution in [3.05, 3.63) is 237 Å². The quantitative estimate of drug-likeness (QED) is 0.103. The normalized spacial score (nSPS) is 13.8. The number of ether oxygens (including phenoxy) is 4. The van der Waals surface area contributed by atoms with Gasteiger partial charge in [0.15, 0.2) is 0 Å². The van der Waals surface area contributed by atoms with Crippen LogP contribution >= 0.6 is 0 Å². The summed E-state index contributed by atoms with van der Waals surface area (Å²) >= 11 is 0. The first-order valence-electron chi connectivity index (χ1n) is 28.6. The highest BCUT2D eigenvalue weighted by Gasteiger charge is 2.23. The van der Waals surface area contributed by atoms with E-state index in [0.29, 0.717) is 43.4 Å². The van der Waals surface area contributed by atoms with Gasteiger partial charge in [-0.3, -0.25) is 0 Å². The maximum atomic E-state index is 6.01. The lowest BCUT2D eigenvalue weighted by Gasteiger charge is -2.18. The van der Waals surface area contributed by atoms with E-state index in [2.05, 4.69) is 239 Å². The maximum absolute atomic E-state index is 6.01. The zero-order valence-corrected chi connectivity index (χ0v) is 47.6. The molecule has 0 spiro atoms. The monoisotopic (exact) mass is 1020 g/mol. The minimum absolute atomic E-state index is 0.287. The summed E-state index contributed by atoms with van der Waals surface area (Å²) < 4.78 is 23.4. The van der Waals surface area contributed by atoms with Gasteiger partial charge in [0.05, 0.1) is 50.8 Å². The summed E-state index contributed by atoms with van der Waals surface area (Å²) in [7, 11) is 0. The van der Waals surface area contributed by atoms with Gasteiger partial charge in [0, 0.05) is 0 Å². The number of hydrogen-bond donors (Lipinski definition) is 0. The van der Waals surface area contributed by atoms with Gasteiger partial charge >= 0.3 is 0 Å². The van der Waals surface area contributed by atoms with E-state index in [1.165, 1.54) is 111 Å². The molecule has 0 N–H and O–H groups in total. The van der Waals surface area contributed by atoms with Gasteiger partial charge in [0.1, 0.15) is 0 Å². The van der Waals surface area contributed by atoms with Crippen LogP contribution in [0, 0.1) is 11.8 Å². The SMILES string of the molecule is CC(C)C(C)OCc1ccc2c(c1)Cc1ccccc1-2.CC(C)C(C)OCc1cccc2c1Cc1ccccc1-2.CC(C)OCc1ccc2c(c1)Cc1ccccc1-2.CCC(C)OCc1ccc2c(c1)Cc1ccccc1-2. The van der Waals surface area contributed by atoms with Gasteiger partial charge in [-0.15, -0.1) is 0 Å². The molecular formula is C73H82O4. The predicted octanol–water partition coefficient (Wildman–Crippen LogP) is 18.4. The smallest absolute Gasteiger partial charge is 0.0723 e. The van der Waals surface area contributed by atoms with Crippen molar-refractivity contribution >= 4 is 0 Å². The third-order valence-corrected chi connectivity index (χ3v) is 16.1. The number of hydrogen-bond acceptors (Lipinski definition) is 4. The lowest BCUT2D eigenvalue weighted by molar-refractivity contribution is 0.0232. The minimum Gasteiger partial charge on any atom is -0.374 e. The van der Waals surface area contributed by atoms with Crippen LogP contribution in [0.2, 0.25) is 0 Å². The molecule has 77 heavy (non-hydrogen) atoms. The Morgan fingerprint density at radius 2 is 0.675 bits per heavy atom. The fourth-order valence-corrected chi connectivity index (χ4v) is 10.7. The molecule has 398 valence electrons. The molecule has 4 aliphatic carbocycles. The van der Waals surface area contributed by atoms with E-state index < -0.39 is 0 Å². The van der Waals surface area contributed by atoms with Crippen LogP contribution in [-0.4, -0.2) is 24.4 Å². The molecule has 0 saturated carbocycles. The highest BCUT2D eigenvalue weighted by Crippen LogP contribution is 2.41. The lowest BCUT2D eigenvalue weighted by Crippen LogP contribution is -2.15. The fraction of sp³-hybridized carbons (Fsp3) is 0.342. The van der Waals surface area contributed by atoms with Crippen LogP contribution in [0.4, 0.5) is 0 Å². The summed E-state index contributed by atoms with van der Waals surface area (Å²) in [6.07, 6.45) is 6.51. The van der Waals surface area contributed by atoms with Gasteiger partial charge in [-0.25, -0.2) is 0 Å². The van der Waals surface area contributed by atoms with Crippen LogP contribution in [0.1, 0.15) is 142 Å². The molecule has 8 aromatic rings. The average molecular weight is 1020 g/mol. The zero-order valence-electron chi connectivity index (χ0n) is 47.6. The van der Waals surface area contributed by atoms with E-state index in [1.54, 1.807) is 0 Å². The standard InChI is InChI=1S/2C19H22O.C18H20O.C17H18O/c1-13(2)14(3)20-12-16-8-6-10-18-17-9-5-4-7-15(17)11-19(16)18;1-13(2)14(3)20-12-15-8-9-19-17(10-15)11-16-6-4-5-7-18(16)19;1-3-13(2)19-12-14-8-9-18-16(10-14)11-15-6-4-5-7-17(15)18;1-12(2)18-11-13-7-8-17-15(9-13)10-14-5-3-4-6-16(14)17/h2*4-10,13-14H,11-12H2,1-3H3;4-10,13H,3,11-12H2,1-2H3;3-9,12H,10-11H2,1-2H3. The molecule has 0 aromatic heterocycles. The Morgan fingerprint density at radius 3 is 1.09 bits per heavy atom. The predicted molar refractivity (Wildman–Crippen MR) is 321 cm³/mol. The first-order chi connectivity index (χ1) is 37.3. The third-order valence-electron chi connectivity index (χ3n) is 16.1. The first-order valence-corrected chi connectivity index (χ1v) is 28.6. The van der Waals surface area contributed by atoms with Gasteiger partial charge < -0.3 is 18.9 Å². The summed E-state index contributed by atoms with van der Waals surface area (Å²) in [5, 5.41) is 0. The summed E-state index contributed by atoms with van der Waals surface area (Å²) in [6, 6.07) is 61.6. The third kappa shape index (κ3) is 13.7. The molecule has 4 nitrogen and oxygen atoms in total. The molecule has 12 rings (SSSR count). The zero-order chi connectivity index (χ0) is 54.0. The average Bonchev–Trinajstić information content (AvgIpc) is 4.23. The van der Waals surface area contributed by atoms with E-state index in [1.807, 2.05) is 0 Å². The van der Waals surface area contributed by atoms with E-state index in [-0.39, 0.29) is 6.10 Å². The summed E-state index contributed by atoms with van der Waals surface area (Å²) in [5.41, 5.74) is 27.8. The van der Waals surface area contributed by atoms with Crippen molar-refractivity contribution in [1.82, 2.24) is 0 Å². The van der Waals surface area contributed by atoms with E-state index in [0.717, 1.165) is 45.3 Å². The van der Waals surface area contributed by atoms with Crippen molar-refractivity contribution < 1.29 is 18.9 Å². The topological polar surface area (TPSA) is 36.9 Å². The first kappa shape index (κ1) is 55.4. The Kier molecular flexibility index (Phi) is 18.6. The minimum atomic E-state index is 0.287. The van der Waals surface area contributed by atoms with Gasteiger partial charge in [0.25, 0.3) is 0 Å². The second kappa shape index (κ2) is 25.8. The molecular weight excluding hydrogens is 941 g/mol. The number of rotatable bonds is 15. The molecule has 0 heterocycles. The molecule has 8 aromatic carbocycles. The largest absolute Gasteiger partial charge is 0.374 e. The molecule has 4 aliphatic rings. The summed E-state index contributed by atoms with van der Waals surface area (Å²) in [6.45, 7) is 24.4. The number of fused-ring (bicyclic) bond motifs is 12. The van der Waals surface area contributed by atoms with Crippen molar-refractivity contribution in [3.8, 4) is 44.5 Å². The Hall–Kier alpha value is -6.40. The van der Waals surface area contributed by atoms with E-state index in [9.17, 15) is 0 Å². The molecule has 3 unspecified atom stereocenters. The van der Waals surface area contributed by atoms with Crippen LogP contribution in [-0.2, 0) is 71.1 Å². The molecule has 3 atom stereocenters. The van der Waals surface area contributed by atoms with Crippen LogP contribution in [0.5, 0.6) is 0 Å². The van der Waals surface area contributed by atoms with Gasteiger partial charge in [-0.05, 0) is 190 Å². The number of benzene rings is 8. The molecule has 0 bridgehead atoms.